The normalized spacial score (nSPS) is 13.1. The largest absolute Gasteiger partial charge is 0.508 e. The van der Waals surface area contributed by atoms with Gasteiger partial charge in [-0.25, -0.2) is 9.78 Å². The van der Waals surface area contributed by atoms with Crippen LogP contribution in [0.15, 0.2) is 66.9 Å². The summed E-state index contributed by atoms with van der Waals surface area (Å²) in [5.41, 5.74) is 1.69. The highest BCUT2D eigenvalue weighted by Crippen LogP contribution is 2.33. The molecule has 3 rings (SSSR count). The summed E-state index contributed by atoms with van der Waals surface area (Å²) in [6.07, 6.45) is 2.88. The van der Waals surface area contributed by atoms with E-state index >= 15 is 0 Å². The topological polar surface area (TPSA) is 107 Å². The number of phenols is 1. The maximum atomic E-state index is 13.7. The number of aromatic hydroxyl groups is 1. The number of pyridine rings is 1. The van der Waals surface area contributed by atoms with Crippen LogP contribution in [0.25, 0.3) is 0 Å². The Morgan fingerprint density at radius 3 is 2.16 bits per heavy atom. The van der Waals surface area contributed by atoms with Crippen molar-refractivity contribution in [2.45, 2.75) is 83.0 Å². The lowest BCUT2D eigenvalue weighted by Gasteiger charge is -2.29. The van der Waals surface area contributed by atoms with Crippen LogP contribution in [0.3, 0.4) is 0 Å². The minimum atomic E-state index is -0.648. The van der Waals surface area contributed by atoms with Crippen LogP contribution in [0, 0.1) is 5.92 Å². The monoisotopic (exact) mass is 608 g/mol. The van der Waals surface area contributed by atoms with Crippen molar-refractivity contribution in [3.05, 3.63) is 83.6 Å². The zero-order valence-electron chi connectivity index (χ0n) is 26.2. The standard InChI is InChI=1S/C34H44N2O6S/c1-33(2,3)41-31(38)28(20-25-14-18-30(35-21-25)36-32(39)42-34(4,5)6)29(17-13-23-9-8-10-26(37)19-23)43-22-24-11-15-27(40-7)16-12-24/h8-12,14-16,18-19,21,28-29,37H,13,17,20,22H2,1-7H3,(H,35,36,39). The van der Waals surface area contributed by atoms with Crippen molar-refractivity contribution in [2.24, 2.45) is 5.92 Å². The number of carbonyl (C=O) groups excluding carboxylic acids is 2. The number of aryl methyl sites for hydroxylation is 1. The Hall–Kier alpha value is -3.72. The van der Waals surface area contributed by atoms with Crippen LogP contribution in [0.5, 0.6) is 11.5 Å². The third kappa shape index (κ3) is 12.2. The van der Waals surface area contributed by atoms with E-state index < -0.39 is 23.2 Å². The van der Waals surface area contributed by atoms with E-state index in [-0.39, 0.29) is 17.0 Å². The van der Waals surface area contributed by atoms with Crippen molar-refractivity contribution in [1.29, 1.82) is 0 Å². The van der Waals surface area contributed by atoms with E-state index in [0.29, 0.717) is 30.8 Å². The number of thioether (sulfide) groups is 1. The van der Waals surface area contributed by atoms with Crippen molar-refractivity contribution in [3.63, 3.8) is 0 Å². The van der Waals surface area contributed by atoms with Gasteiger partial charge in [-0.1, -0.05) is 30.3 Å². The van der Waals surface area contributed by atoms with Crippen LogP contribution in [-0.2, 0) is 32.9 Å². The summed E-state index contributed by atoms with van der Waals surface area (Å²) in [4.78, 5) is 30.3. The average Bonchev–Trinajstić information content (AvgIpc) is 2.91. The summed E-state index contributed by atoms with van der Waals surface area (Å²) in [5, 5.41) is 12.5. The van der Waals surface area contributed by atoms with Crippen LogP contribution in [0.1, 0.15) is 64.7 Å². The molecule has 0 radical (unpaired) electrons. The first kappa shape index (κ1) is 33.8. The van der Waals surface area contributed by atoms with Gasteiger partial charge in [0.1, 0.15) is 28.5 Å². The van der Waals surface area contributed by atoms with Gasteiger partial charge in [0.15, 0.2) is 0 Å². The number of aromatic nitrogens is 1. The summed E-state index contributed by atoms with van der Waals surface area (Å²) >= 11 is 1.71. The predicted molar refractivity (Wildman–Crippen MR) is 172 cm³/mol. The zero-order valence-corrected chi connectivity index (χ0v) is 27.0. The lowest BCUT2D eigenvalue weighted by Crippen LogP contribution is -2.35. The van der Waals surface area contributed by atoms with E-state index in [1.165, 1.54) is 0 Å². The van der Waals surface area contributed by atoms with Crippen LogP contribution in [0.4, 0.5) is 10.6 Å². The number of benzene rings is 2. The zero-order chi connectivity index (χ0) is 31.6. The summed E-state index contributed by atoms with van der Waals surface area (Å²) in [5.74, 6) is 1.33. The number of rotatable bonds is 12. The van der Waals surface area contributed by atoms with E-state index in [9.17, 15) is 14.7 Å². The Kier molecular flexibility index (Phi) is 11.9. The van der Waals surface area contributed by atoms with Crippen LogP contribution in [-0.4, -0.2) is 45.7 Å². The molecule has 2 unspecified atom stereocenters. The molecule has 2 atom stereocenters. The number of methoxy groups -OCH3 is 1. The molecule has 0 aliphatic carbocycles. The van der Waals surface area contributed by atoms with E-state index in [1.54, 1.807) is 64.0 Å². The van der Waals surface area contributed by atoms with Gasteiger partial charge in [0.25, 0.3) is 0 Å². The Morgan fingerprint density at radius 2 is 1.58 bits per heavy atom. The average molecular weight is 609 g/mol. The molecule has 0 aliphatic rings. The minimum Gasteiger partial charge on any atom is -0.508 e. The van der Waals surface area contributed by atoms with E-state index in [0.717, 1.165) is 22.4 Å². The fourth-order valence-corrected chi connectivity index (χ4v) is 5.70. The van der Waals surface area contributed by atoms with Gasteiger partial charge in [0.2, 0.25) is 0 Å². The molecule has 9 heteroatoms. The first-order valence-corrected chi connectivity index (χ1v) is 15.5. The maximum absolute atomic E-state index is 13.7. The molecule has 232 valence electrons. The van der Waals surface area contributed by atoms with Gasteiger partial charge < -0.3 is 19.3 Å². The number of amides is 1. The predicted octanol–water partition coefficient (Wildman–Crippen LogP) is 7.58. The molecular formula is C34H44N2O6S. The molecule has 0 fully saturated rings. The van der Waals surface area contributed by atoms with Crippen molar-refractivity contribution < 1.29 is 28.9 Å². The Morgan fingerprint density at radius 1 is 0.907 bits per heavy atom. The second-order valence-electron chi connectivity index (χ2n) is 12.4. The molecule has 3 aromatic rings. The van der Waals surface area contributed by atoms with Crippen molar-refractivity contribution >= 4 is 29.6 Å². The number of nitrogens with one attached hydrogen (secondary N) is 1. The van der Waals surface area contributed by atoms with Gasteiger partial charge in [0, 0.05) is 17.2 Å². The molecule has 43 heavy (non-hydrogen) atoms. The molecule has 2 aromatic carbocycles. The number of esters is 1. The molecular weight excluding hydrogens is 564 g/mol. The molecule has 1 heterocycles. The lowest BCUT2D eigenvalue weighted by atomic mass is 9.92. The van der Waals surface area contributed by atoms with E-state index in [4.69, 9.17) is 14.2 Å². The number of nitrogens with zero attached hydrogens (tertiary/aromatic N) is 1. The minimum absolute atomic E-state index is 0.0983. The third-order valence-electron chi connectivity index (χ3n) is 6.32. The van der Waals surface area contributed by atoms with Crippen LogP contribution >= 0.6 is 11.8 Å². The summed E-state index contributed by atoms with van der Waals surface area (Å²) < 4.78 is 16.5. The summed E-state index contributed by atoms with van der Waals surface area (Å²) in [6, 6.07) is 18.7. The van der Waals surface area contributed by atoms with Crippen LogP contribution in [0.2, 0.25) is 0 Å². The molecule has 0 aliphatic heterocycles. The van der Waals surface area contributed by atoms with Gasteiger partial charge in [-0.05, 0) is 108 Å². The number of hydrogen-bond donors (Lipinski definition) is 2. The highest BCUT2D eigenvalue weighted by atomic mass is 32.2. The Labute approximate surface area is 259 Å². The van der Waals surface area contributed by atoms with Gasteiger partial charge >= 0.3 is 12.1 Å². The van der Waals surface area contributed by atoms with Crippen LogP contribution < -0.4 is 10.1 Å². The first-order chi connectivity index (χ1) is 20.2. The van der Waals surface area contributed by atoms with Gasteiger partial charge in [-0.3, -0.25) is 10.1 Å². The fraction of sp³-hybridized carbons (Fsp3) is 0.441. The molecule has 2 N–H and O–H groups in total. The van der Waals surface area contributed by atoms with E-state index in [2.05, 4.69) is 10.3 Å². The van der Waals surface area contributed by atoms with Crippen molar-refractivity contribution in [3.8, 4) is 11.5 Å². The third-order valence-corrected chi connectivity index (χ3v) is 7.81. The molecule has 0 bridgehead atoms. The van der Waals surface area contributed by atoms with Gasteiger partial charge in [0.05, 0.1) is 13.0 Å². The summed E-state index contributed by atoms with van der Waals surface area (Å²) in [7, 11) is 1.64. The molecule has 0 saturated heterocycles. The SMILES string of the molecule is COc1ccc(CSC(CCc2cccc(O)c2)C(Cc2ccc(NC(=O)OC(C)(C)C)nc2)C(=O)OC(C)(C)C)cc1. The quantitative estimate of drug-likeness (QED) is 0.203. The van der Waals surface area contributed by atoms with E-state index in [1.807, 2.05) is 63.2 Å². The summed E-state index contributed by atoms with van der Waals surface area (Å²) in [6.45, 7) is 11.0. The lowest BCUT2D eigenvalue weighted by molar-refractivity contribution is -0.160. The second-order valence-corrected chi connectivity index (χ2v) is 13.7. The van der Waals surface area contributed by atoms with Gasteiger partial charge in [-0.15, -0.1) is 0 Å². The number of hydrogen-bond acceptors (Lipinski definition) is 8. The molecule has 8 nitrogen and oxygen atoms in total. The maximum Gasteiger partial charge on any atom is 0.413 e. The second kappa shape index (κ2) is 15.1. The number of ether oxygens (including phenoxy) is 3. The number of phenolic OH excluding ortho intramolecular Hbond substituents is 1. The highest BCUT2D eigenvalue weighted by Gasteiger charge is 2.33. The number of anilines is 1. The fourth-order valence-electron chi connectivity index (χ4n) is 4.37. The first-order valence-electron chi connectivity index (χ1n) is 14.4. The Bertz CT molecular complexity index is 1330. The number of carbonyl (C=O) groups is 2. The molecule has 0 saturated carbocycles. The molecule has 1 aromatic heterocycles. The molecule has 0 spiro atoms. The highest BCUT2D eigenvalue weighted by molar-refractivity contribution is 7.99. The van der Waals surface area contributed by atoms with Crippen molar-refractivity contribution in [1.82, 2.24) is 4.98 Å². The van der Waals surface area contributed by atoms with Gasteiger partial charge in [-0.2, -0.15) is 11.8 Å². The Balaban J connectivity index is 1.85. The van der Waals surface area contributed by atoms with Crippen molar-refractivity contribution in [2.75, 3.05) is 12.4 Å². The smallest absolute Gasteiger partial charge is 0.413 e. The molecule has 1 amide bonds.